The van der Waals surface area contributed by atoms with Crippen LogP contribution in [-0.4, -0.2) is 29.1 Å². The normalized spacial score (nSPS) is 17.0. The second-order valence-corrected chi connectivity index (χ2v) is 9.53. The fourth-order valence-corrected chi connectivity index (χ4v) is 5.35. The average Bonchev–Trinajstić information content (AvgIpc) is 3.81. The van der Waals surface area contributed by atoms with Crippen molar-refractivity contribution in [2.24, 2.45) is 0 Å². The predicted molar refractivity (Wildman–Crippen MR) is 177 cm³/mol. The van der Waals surface area contributed by atoms with E-state index < -0.39 is 108 Å². The van der Waals surface area contributed by atoms with Gasteiger partial charge >= 0.3 is 0 Å². The van der Waals surface area contributed by atoms with E-state index in [0.717, 1.165) is 4.57 Å². The molecule has 9 aromatic rings. The van der Waals surface area contributed by atoms with E-state index in [2.05, 4.69) is 15.0 Å². The van der Waals surface area contributed by atoms with Gasteiger partial charge in [0.05, 0.1) is 57.3 Å². The van der Waals surface area contributed by atoms with E-state index in [1.165, 1.54) is 17.0 Å². The molecule has 0 atom stereocenters. The average molecular weight is 582 g/mol. The first-order valence-electron chi connectivity index (χ1n) is 21.7. The van der Waals surface area contributed by atoms with Crippen LogP contribution >= 0.6 is 0 Å². The molecule has 0 aliphatic rings. The van der Waals surface area contributed by atoms with Crippen LogP contribution in [0.4, 0.5) is 0 Å². The zero-order valence-corrected chi connectivity index (χ0v) is 22.2. The van der Waals surface area contributed by atoms with Gasteiger partial charge in [0.15, 0.2) is 11.6 Å². The number of para-hydroxylation sites is 4. The van der Waals surface area contributed by atoms with Crippen molar-refractivity contribution < 1.29 is 23.3 Å². The van der Waals surface area contributed by atoms with Crippen molar-refractivity contribution in [2.75, 3.05) is 0 Å². The molecule has 0 unspecified atom stereocenters. The molecule has 0 aliphatic carbocycles. The molecule has 0 bridgehead atoms. The number of hydrogen-bond donors (Lipinski definition) is 0. The number of nitrogens with zero attached hydrogens (tertiary/aromatic N) is 6. The third kappa shape index (κ3) is 3.68. The Kier molecular flexibility index (Phi) is 2.87. The highest BCUT2D eigenvalue weighted by Crippen LogP contribution is 2.36. The lowest BCUT2D eigenvalue weighted by Gasteiger charge is -2.15. The Labute approximate surface area is 276 Å². The Morgan fingerprint density at radius 2 is 1.09 bits per heavy atom. The summed E-state index contributed by atoms with van der Waals surface area (Å²) in [5, 5.41) is 0.0395. The highest BCUT2D eigenvalue weighted by atomic mass is 15.2. The van der Waals surface area contributed by atoms with Gasteiger partial charge in [0.2, 0.25) is 5.95 Å². The number of fused-ring (bicyclic) bond motifs is 6. The van der Waals surface area contributed by atoms with E-state index in [0.29, 0.717) is 10.9 Å². The Morgan fingerprint density at radius 1 is 0.500 bits per heavy atom. The van der Waals surface area contributed by atoms with Crippen molar-refractivity contribution >= 4 is 43.6 Å². The van der Waals surface area contributed by atoms with E-state index in [1.807, 2.05) is 0 Å². The topological polar surface area (TPSA) is 61.4 Å². The molecule has 6 heteroatoms. The van der Waals surface area contributed by atoms with Gasteiger partial charge < -0.3 is 4.57 Å². The van der Waals surface area contributed by atoms with Gasteiger partial charge in [-0.15, -0.1) is 0 Å². The third-order valence-corrected chi connectivity index (χ3v) is 7.17. The van der Waals surface area contributed by atoms with Crippen LogP contribution in [0.15, 0.2) is 145 Å². The quantitative estimate of drug-likeness (QED) is 0.208. The van der Waals surface area contributed by atoms with Gasteiger partial charge in [0, 0.05) is 38.9 Å². The fourth-order valence-electron chi connectivity index (χ4n) is 5.35. The predicted octanol–water partition coefficient (Wildman–Crippen LogP) is 8.79. The second kappa shape index (κ2) is 9.71. The molecule has 0 fully saturated rings. The minimum Gasteiger partial charge on any atom is -0.307 e. The van der Waals surface area contributed by atoms with Crippen molar-refractivity contribution in [1.82, 2.24) is 29.1 Å². The van der Waals surface area contributed by atoms with Crippen LogP contribution in [0.2, 0.25) is 0 Å². The van der Waals surface area contributed by atoms with Crippen LogP contribution in [-0.2, 0) is 0 Å². The summed E-state index contributed by atoms with van der Waals surface area (Å²) in [4.78, 5) is 18.2. The standard InChI is InChI=1S/C38H24N6/c1-2-12-25(13-3-1)36-40-37(42-38(41-36)44-32-19-9-5-14-26(32)27-15-6-10-20-33(27)44)30-17-7-11-21-34(30)43-31-18-8-4-16-28(31)29-22-23-39-24-35(29)43/h1-24H/i1D,2D,3D,4D,5D,6D,8D,9D,10D,12D,13D,14D,15D,16D,18D,19D,20D. The van der Waals surface area contributed by atoms with Crippen LogP contribution in [0.25, 0.3) is 78.0 Å². The van der Waals surface area contributed by atoms with Crippen LogP contribution in [0.3, 0.4) is 0 Å². The molecule has 0 spiro atoms. The number of rotatable bonds is 4. The first kappa shape index (κ1) is 13.0. The van der Waals surface area contributed by atoms with Crippen molar-refractivity contribution in [3.05, 3.63) is 145 Å². The van der Waals surface area contributed by atoms with Gasteiger partial charge in [-0.2, -0.15) is 9.97 Å². The fraction of sp³-hybridized carbons (Fsp3) is 0. The first-order valence-corrected chi connectivity index (χ1v) is 13.2. The number of aromatic nitrogens is 6. The van der Waals surface area contributed by atoms with Gasteiger partial charge in [-0.1, -0.05) is 96.7 Å². The van der Waals surface area contributed by atoms with Crippen LogP contribution in [0.5, 0.6) is 0 Å². The molecule has 9 rings (SSSR count). The molecule has 4 aromatic heterocycles. The minimum atomic E-state index is -0.730. The molecule has 5 aromatic carbocycles. The van der Waals surface area contributed by atoms with Crippen molar-refractivity contribution in [2.45, 2.75) is 0 Å². The molecule has 0 saturated carbocycles. The van der Waals surface area contributed by atoms with Crippen molar-refractivity contribution in [3.63, 3.8) is 0 Å². The zero-order valence-electron chi connectivity index (χ0n) is 39.2. The maximum absolute atomic E-state index is 9.03. The van der Waals surface area contributed by atoms with Crippen LogP contribution < -0.4 is 0 Å². The molecule has 0 aliphatic heterocycles. The number of benzene rings is 5. The van der Waals surface area contributed by atoms with Crippen LogP contribution in [0.1, 0.15) is 23.3 Å². The summed E-state index contributed by atoms with van der Waals surface area (Å²) >= 11 is 0. The lowest BCUT2D eigenvalue weighted by molar-refractivity contribution is 0.951. The van der Waals surface area contributed by atoms with E-state index in [9.17, 15) is 0 Å². The highest BCUT2D eigenvalue weighted by Gasteiger charge is 2.20. The lowest BCUT2D eigenvalue weighted by atomic mass is 10.1. The molecule has 44 heavy (non-hydrogen) atoms. The number of hydrogen-bond acceptors (Lipinski definition) is 4. The molecule has 0 radical (unpaired) electrons. The maximum atomic E-state index is 9.03. The van der Waals surface area contributed by atoms with E-state index in [4.69, 9.17) is 28.3 Å². The van der Waals surface area contributed by atoms with E-state index in [-0.39, 0.29) is 61.9 Å². The molecule has 206 valence electrons. The molecular formula is C38H24N6. The van der Waals surface area contributed by atoms with E-state index >= 15 is 0 Å². The molecule has 6 nitrogen and oxygen atoms in total. The Hall–Kier alpha value is -6.14. The summed E-state index contributed by atoms with van der Waals surface area (Å²) < 4.78 is 150. The smallest absolute Gasteiger partial charge is 0.238 e. The van der Waals surface area contributed by atoms with Crippen LogP contribution in [0, 0.1) is 0 Å². The molecule has 0 saturated heterocycles. The van der Waals surface area contributed by atoms with Gasteiger partial charge in [0.1, 0.15) is 0 Å². The summed E-state index contributed by atoms with van der Waals surface area (Å²) in [7, 11) is 0. The zero-order chi connectivity index (χ0) is 43.8. The Bertz CT molecular complexity index is 3370. The summed E-state index contributed by atoms with van der Waals surface area (Å²) in [6.45, 7) is 0. The summed E-state index contributed by atoms with van der Waals surface area (Å²) in [6, 6.07) is -2.67. The third-order valence-electron chi connectivity index (χ3n) is 7.17. The lowest BCUT2D eigenvalue weighted by Crippen LogP contribution is -2.07. The molecule has 0 amide bonds. The van der Waals surface area contributed by atoms with Gasteiger partial charge in [-0.05, 0) is 36.3 Å². The summed E-state index contributed by atoms with van der Waals surface area (Å²) in [5.41, 5.74) is -0.435. The Morgan fingerprint density at radius 3 is 1.82 bits per heavy atom. The molecule has 0 N–H and O–H groups in total. The van der Waals surface area contributed by atoms with E-state index in [1.54, 1.807) is 30.3 Å². The van der Waals surface area contributed by atoms with Crippen molar-refractivity contribution in [3.8, 4) is 34.4 Å². The van der Waals surface area contributed by atoms with Gasteiger partial charge in [-0.25, -0.2) is 4.98 Å². The van der Waals surface area contributed by atoms with Gasteiger partial charge in [0.25, 0.3) is 0 Å². The summed E-state index contributed by atoms with van der Waals surface area (Å²) in [5.74, 6) is -1.32. The maximum Gasteiger partial charge on any atom is 0.238 e. The summed E-state index contributed by atoms with van der Waals surface area (Å²) in [6.07, 6.45) is 2.94. The minimum absolute atomic E-state index is 0.0657. The molecule has 4 heterocycles. The van der Waals surface area contributed by atoms with Gasteiger partial charge in [-0.3, -0.25) is 9.55 Å². The first-order chi connectivity index (χ1) is 28.9. The monoisotopic (exact) mass is 581 g/mol. The second-order valence-electron chi connectivity index (χ2n) is 9.53. The highest BCUT2D eigenvalue weighted by molar-refractivity contribution is 6.10. The number of pyridine rings is 1. The SMILES string of the molecule is [2H]c1c([2H])c([2H])c(-c2nc(-c3ccccc3-n3c4cnccc4c4c([2H])c([2H])c([2H])c([2H])c43)nc(-n3c4c([2H])c([2H])c([2H])c([2H])c4c4c([2H])c([2H])c([2H])c([2H])c43)n2)c([2H])c1[2H]. The largest absolute Gasteiger partial charge is 0.307 e. The molecular weight excluding hydrogens is 540 g/mol. The Balaban J connectivity index is 1.49. The van der Waals surface area contributed by atoms with Crippen molar-refractivity contribution in [1.29, 1.82) is 0 Å².